The van der Waals surface area contributed by atoms with Crippen LogP contribution >= 0.6 is 11.3 Å². The Kier molecular flexibility index (Phi) is 3.58. The third-order valence-electron chi connectivity index (χ3n) is 3.31. The normalized spacial score (nSPS) is 10.7. The van der Waals surface area contributed by atoms with E-state index in [1.165, 1.54) is 20.5 Å². The fourth-order valence-electron chi connectivity index (χ4n) is 2.22. The van der Waals surface area contributed by atoms with Gasteiger partial charge in [0.05, 0.1) is 12.2 Å². The summed E-state index contributed by atoms with van der Waals surface area (Å²) >= 11 is 1.52. The topological polar surface area (TPSA) is 44.0 Å². The number of hydrogen-bond donors (Lipinski definition) is 0. The predicted molar refractivity (Wildman–Crippen MR) is 84.5 cm³/mol. The van der Waals surface area contributed by atoms with Crippen LogP contribution in [0.1, 0.15) is 11.1 Å². The second kappa shape index (κ2) is 5.54. The van der Waals surface area contributed by atoms with Gasteiger partial charge in [-0.2, -0.15) is 11.3 Å². The zero-order valence-corrected chi connectivity index (χ0v) is 12.3. The van der Waals surface area contributed by atoms with Gasteiger partial charge in [-0.25, -0.2) is 4.79 Å². The summed E-state index contributed by atoms with van der Waals surface area (Å²) < 4.78 is 2.80. The number of benzene rings is 1. The number of aryl methyl sites for hydroxylation is 1. The first kappa shape index (κ1) is 13.6. The van der Waals surface area contributed by atoms with Crippen LogP contribution in [0.15, 0.2) is 62.9 Å². The summed E-state index contributed by atoms with van der Waals surface area (Å²) in [4.78, 5) is 24.8. The smallest absolute Gasteiger partial charge is 0.269 e. The number of hydrogen-bond acceptors (Lipinski definition) is 3. The minimum absolute atomic E-state index is 0.240. The van der Waals surface area contributed by atoms with E-state index >= 15 is 0 Å². The molecule has 0 atom stereocenters. The molecular weight excluding hydrogens is 284 g/mol. The molecule has 0 fully saturated rings. The Bertz CT molecular complexity index is 862. The van der Waals surface area contributed by atoms with E-state index in [-0.39, 0.29) is 17.8 Å². The van der Waals surface area contributed by atoms with Crippen LogP contribution in [-0.4, -0.2) is 9.13 Å². The lowest BCUT2D eigenvalue weighted by molar-refractivity contribution is 0.661. The molecule has 0 bridgehead atoms. The molecule has 0 saturated carbocycles. The second-order valence-corrected chi connectivity index (χ2v) is 5.60. The van der Waals surface area contributed by atoms with E-state index in [9.17, 15) is 9.59 Å². The van der Waals surface area contributed by atoms with Crippen molar-refractivity contribution >= 4 is 11.3 Å². The molecule has 3 rings (SSSR count). The number of nitrogens with zero attached hydrogens (tertiary/aromatic N) is 2. The van der Waals surface area contributed by atoms with Crippen LogP contribution in [0.4, 0.5) is 0 Å². The highest BCUT2D eigenvalue weighted by Crippen LogP contribution is 2.10. The number of rotatable bonds is 3. The lowest BCUT2D eigenvalue weighted by Gasteiger charge is -2.10. The second-order valence-electron chi connectivity index (χ2n) is 4.82. The quantitative estimate of drug-likeness (QED) is 0.745. The molecule has 0 unspecified atom stereocenters. The van der Waals surface area contributed by atoms with Crippen molar-refractivity contribution in [2.75, 3.05) is 0 Å². The van der Waals surface area contributed by atoms with Crippen LogP contribution in [0, 0.1) is 6.92 Å². The van der Waals surface area contributed by atoms with Crippen LogP contribution in [0.5, 0.6) is 0 Å². The van der Waals surface area contributed by atoms with Crippen molar-refractivity contribution in [1.82, 2.24) is 9.13 Å². The molecule has 2 heterocycles. The summed E-state index contributed by atoms with van der Waals surface area (Å²) in [5, 5.41) is 3.79. The minimum atomic E-state index is -0.312. The minimum Gasteiger partial charge on any atom is -0.269 e. The van der Waals surface area contributed by atoms with E-state index in [0.29, 0.717) is 5.56 Å². The van der Waals surface area contributed by atoms with Gasteiger partial charge in [0.15, 0.2) is 0 Å². The molecule has 0 saturated heterocycles. The Morgan fingerprint density at radius 1 is 1.10 bits per heavy atom. The van der Waals surface area contributed by atoms with Gasteiger partial charge in [0.25, 0.3) is 5.56 Å². The molecule has 1 aromatic carbocycles. The summed E-state index contributed by atoms with van der Waals surface area (Å²) in [5.41, 5.74) is 1.72. The van der Waals surface area contributed by atoms with Crippen molar-refractivity contribution in [3.63, 3.8) is 0 Å². The summed E-state index contributed by atoms with van der Waals surface area (Å²) in [5.74, 6) is 0. The lowest BCUT2D eigenvalue weighted by atomic mass is 10.2. The average Bonchev–Trinajstić information content (AvgIpc) is 3.02. The van der Waals surface area contributed by atoms with Crippen molar-refractivity contribution in [2.45, 2.75) is 13.5 Å². The monoisotopic (exact) mass is 298 g/mol. The number of thiophene rings is 1. The molecule has 106 valence electrons. The molecule has 0 N–H and O–H groups in total. The van der Waals surface area contributed by atoms with Crippen LogP contribution in [0.2, 0.25) is 0 Å². The van der Waals surface area contributed by atoms with Crippen LogP contribution in [-0.2, 0) is 6.54 Å². The Morgan fingerprint density at radius 2 is 1.86 bits per heavy atom. The molecule has 0 amide bonds. The van der Waals surface area contributed by atoms with Crippen LogP contribution < -0.4 is 11.2 Å². The van der Waals surface area contributed by atoms with Gasteiger partial charge in [-0.15, -0.1) is 0 Å². The number of aromatic nitrogens is 2. The van der Waals surface area contributed by atoms with Gasteiger partial charge < -0.3 is 0 Å². The zero-order chi connectivity index (χ0) is 14.8. The Hall–Kier alpha value is -2.40. The fraction of sp³-hybridized carbons (Fsp3) is 0.125. The fourth-order valence-corrected chi connectivity index (χ4v) is 2.85. The Balaban J connectivity index is 2.16. The molecule has 0 spiro atoms. The molecule has 21 heavy (non-hydrogen) atoms. The van der Waals surface area contributed by atoms with Gasteiger partial charge in [-0.1, -0.05) is 30.3 Å². The van der Waals surface area contributed by atoms with E-state index in [4.69, 9.17) is 0 Å². The summed E-state index contributed by atoms with van der Waals surface area (Å²) in [6.07, 6.45) is 1.61. The van der Waals surface area contributed by atoms with Crippen molar-refractivity contribution in [3.05, 3.63) is 85.3 Å². The van der Waals surface area contributed by atoms with E-state index in [0.717, 1.165) is 11.3 Å². The van der Waals surface area contributed by atoms with Crippen LogP contribution in [0.25, 0.3) is 5.69 Å². The molecule has 0 aliphatic rings. The molecule has 0 aliphatic heterocycles. The average molecular weight is 298 g/mol. The van der Waals surface area contributed by atoms with E-state index in [1.54, 1.807) is 13.1 Å². The van der Waals surface area contributed by atoms with Crippen molar-refractivity contribution in [2.24, 2.45) is 0 Å². The first-order valence-corrected chi connectivity index (χ1v) is 7.50. The largest absolute Gasteiger partial charge is 0.335 e. The molecule has 5 heteroatoms. The highest BCUT2D eigenvalue weighted by Gasteiger charge is 2.10. The summed E-state index contributed by atoms with van der Waals surface area (Å²) in [6, 6.07) is 11.4. The molecule has 0 radical (unpaired) electrons. The standard InChI is InChI=1S/C16H14N2O2S/c1-12-9-17(14-7-8-21-11-14)16(20)18(15(12)19)10-13-5-3-2-4-6-13/h2-9,11H,10H2,1H3. The van der Waals surface area contributed by atoms with Crippen molar-refractivity contribution < 1.29 is 0 Å². The van der Waals surface area contributed by atoms with E-state index in [1.807, 2.05) is 47.2 Å². The predicted octanol–water partition coefficient (Wildman–Crippen LogP) is 2.42. The molecule has 2 aromatic heterocycles. The van der Waals surface area contributed by atoms with Crippen LogP contribution in [0.3, 0.4) is 0 Å². The SMILES string of the molecule is Cc1cn(-c2ccsc2)c(=O)n(Cc2ccccc2)c1=O. The zero-order valence-electron chi connectivity index (χ0n) is 11.5. The Labute approximate surface area is 125 Å². The van der Waals surface area contributed by atoms with E-state index < -0.39 is 0 Å². The highest BCUT2D eigenvalue weighted by atomic mass is 32.1. The third-order valence-corrected chi connectivity index (χ3v) is 3.98. The summed E-state index contributed by atoms with van der Waals surface area (Å²) in [7, 11) is 0. The van der Waals surface area contributed by atoms with Gasteiger partial charge in [0, 0.05) is 17.1 Å². The van der Waals surface area contributed by atoms with Crippen molar-refractivity contribution in [1.29, 1.82) is 0 Å². The van der Waals surface area contributed by atoms with Gasteiger partial charge in [-0.3, -0.25) is 13.9 Å². The maximum atomic E-state index is 12.6. The molecule has 4 nitrogen and oxygen atoms in total. The van der Waals surface area contributed by atoms with Gasteiger partial charge in [0.1, 0.15) is 0 Å². The molecular formula is C16H14N2O2S. The van der Waals surface area contributed by atoms with Gasteiger partial charge in [0.2, 0.25) is 0 Å². The first-order chi connectivity index (χ1) is 10.2. The summed E-state index contributed by atoms with van der Waals surface area (Å²) in [6.45, 7) is 2.01. The third kappa shape index (κ3) is 2.60. The molecule has 0 aliphatic carbocycles. The maximum Gasteiger partial charge on any atom is 0.335 e. The van der Waals surface area contributed by atoms with Gasteiger partial charge >= 0.3 is 5.69 Å². The highest BCUT2D eigenvalue weighted by molar-refractivity contribution is 7.08. The molecule has 3 aromatic rings. The van der Waals surface area contributed by atoms with Gasteiger partial charge in [-0.05, 0) is 23.9 Å². The maximum absolute atomic E-state index is 12.6. The van der Waals surface area contributed by atoms with E-state index in [2.05, 4.69) is 0 Å². The lowest BCUT2D eigenvalue weighted by Crippen LogP contribution is -2.40. The Morgan fingerprint density at radius 3 is 2.52 bits per heavy atom. The first-order valence-electron chi connectivity index (χ1n) is 6.56. The van der Waals surface area contributed by atoms with Crippen molar-refractivity contribution in [3.8, 4) is 5.69 Å².